The van der Waals surface area contributed by atoms with Crippen LogP contribution in [0.4, 0.5) is 5.82 Å². The Bertz CT molecular complexity index is 613. The fraction of sp³-hybridized carbons (Fsp3) is 0.533. The summed E-state index contributed by atoms with van der Waals surface area (Å²) in [6, 6.07) is 2.01. The molecule has 5 heteroatoms. The zero-order valence-corrected chi connectivity index (χ0v) is 12.3. The molecule has 5 nitrogen and oxygen atoms in total. The summed E-state index contributed by atoms with van der Waals surface area (Å²) in [5.41, 5.74) is 3.15. The zero-order valence-electron chi connectivity index (χ0n) is 12.3. The molecule has 3 rings (SSSR count). The Morgan fingerprint density at radius 3 is 2.75 bits per heavy atom. The van der Waals surface area contributed by atoms with E-state index in [1.54, 1.807) is 0 Å². The van der Waals surface area contributed by atoms with Crippen molar-refractivity contribution in [1.29, 1.82) is 0 Å². The van der Waals surface area contributed by atoms with E-state index in [0.29, 0.717) is 5.92 Å². The van der Waals surface area contributed by atoms with Gasteiger partial charge in [-0.2, -0.15) is 5.10 Å². The Kier molecular flexibility index (Phi) is 3.42. The van der Waals surface area contributed by atoms with E-state index in [4.69, 9.17) is 9.97 Å². The third-order valence-electron chi connectivity index (χ3n) is 3.71. The Balaban J connectivity index is 2.07. The normalized spacial score (nSPS) is 14.6. The van der Waals surface area contributed by atoms with Gasteiger partial charge in [-0.25, -0.2) is 9.97 Å². The first-order valence-corrected chi connectivity index (χ1v) is 7.31. The largest absolute Gasteiger partial charge is 0.370 e. The summed E-state index contributed by atoms with van der Waals surface area (Å²) in [4.78, 5) is 9.51. The maximum atomic E-state index is 4.79. The molecule has 0 spiro atoms. The van der Waals surface area contributed by atoms with Gasteiger partial charge in [0.2, 0.25) is 0 Å². The number of anilines is 1. The van der Waals surface area contributed by atoms with Crippen molar-refractivity contribution in [3.8, 4) is 11.4 Å². The number of hydrogen-bond donors (Lipinski definition) is 1. The second-order valence-electron chi connectivity index (χ2n) is 5.45. The summed E-state index contributed by atoms with van der Waals surface area (Å²) in [5, 5.41) is 7.68. The quantitative estimate of drug-likeness (QED) is 0.908. The molecular formula is C15H21N5. The lowest BCUT2D eigenvalue weighted by Crippen LogP contribution is -2.09. The Labute approximate surface area is 119 Å². The molecule has 106 valence electrons. The van der Waals surface area contributed by atoms with E-state index in [1.165, 1.54) is 12.8 Å². The minimum absolute atomic E-state index is 0.546. The SMILES string of the molecule is CCCNc1nc(C2CC2)nc(-c2ccnn2C)c1C. The van der Waals surface area contributed by atoms with Crippen LogP contribution in [0.3, 0.4) is 0 Å². The maximum Gasteiger partial charge on any atom is 0.134 e. The Morgan fingerprint density at radius 2 is 2.15 bits per heavy atom. The monoisotopic (exact) mass is 271 g/mol. The number of nitrogens with one attached hydrogen (secondary N) is 1. The first-order valence-electron chi connectivity index (χ1n) is 7.31. The lowest BCUT2D eigenvalue weighted by Gasteiger charge is -2.13. The summed E-state index contributed by atoms with van der Waals surface area (Å²) in [7, 11) is 1.95. The lowest BCUT2D eigenvalue weighted by atomic mass is 10.1. The van der Waals surface area contributed by atoms with Gasteiger partial charge in [0.05, 0.1) is 11.4 Å². The van der Waals surface area contributed by atoms with Gasteiger partial charge in [0.15, 0.2) is 0 Å². The molecule has 0 saturated heterocycles. The summed E-state index contributed by atoms with van der Waals surface area (Å²) in [6.45, 7) is 5.18. The van der Waals surface area contributed by atoms with Crippen LogP contribution in [0.2, 0.25) is 0 Å². The Morgan fingerprint density at radius 1 is 1.35 bits per heavy atom. The van der Waals surface area contributed by atoms with E-state index < -0.39 is 0 Å². The van der Waals surface area contributed by atoms with Gasteiger partial charge >= 0.3 is 0 Å². The standard InChI is InChI=1S/C15H21N5/c1-4-8-16-14-10(2)13(12-7-9-17-20(12)3)18-15(19-14)11-5-6-11/h7,9,11H,4-6,8H2,1-3H3,(H,16,18,19). The topological polar surface area (TPSA) is 55.6 Å². The molecule has 1 aliphatic carbocycles. The lowest BCUT2D eigenvalue weighted by molar-refractivity contribution is 0.769. The number of hydrogen-bond acceptors (Lipinski definition) is 4. The van der Waals surface area contributed by atoms with Gasteiger partial charge in [0.25, 0.3) is 0 Å². The van der Waals surface area contributed by atoms with Gasteiger partial charge in [-0.15, -0.1) is 0 Å². The molecule has 20 heavy (non-hydrogen) atoms. The Hall–Kier alpha value is -1.91. The number of rotatable bonds is 5. The van der Waals surface area contributed by atoms with Crippen molar-refractivity contribution in [2.24, 2.45) is 7.05 Å². The second-order valence-corrected chi connectivity index (χ2v) is 5.45. The zero-order chi connectivity index (χ0) is 14.1. The van der Waals surface area contributed by atoms with Gasteiger partial charge in [0, 0.05) is 31.3 Å². The third kappa shape index (κ3) is 2.40. The molecule has 2 aromatic rings. The van der Waals surface area contributed by atoms with Crippen molar-refractivity contribution in [3.63, 3.8) is 0 Å². The van der Waals surface area contributed by atoms with Crippen LogP contribution in [0.5, 0.6) is 0 Å². The van der Waals surface area contributed by atoms with Crippen molar-refractivity contribution >= 4 is 5.82 Å². The fourth-order valence-electron chi connectivity index (χ4n) is 2.33. The van der Waals surface area contributed by atoms with E-state index in [1.807, 2.05) is 24.0 Å². The summed E-state index contributed by atoms with van der Waals surface area (Å²) in [5.74, 6) is 2.50. The van der Waals surface area contributed by atoms with Crippen LogP contribution in [0.15, 0.2) is 12.3 Å². The van der Waals surface area contributed by atoms with Crippen LogP contribution in [0, 0.1) is 6.92 Å². The van der Waals surface area contributed by atoms with Crippen LogP contribution in [-0.2, 0) is 7.05 Å². The second kappa shape index (κ2) is 5.23. The molecule has 0 amide bonds. The fourth-order valence-corrected chi connectivity index (χ4v) is 2.33. The molecule has 0 unspecified atom stereocenters. The van der Waals surface area contributed by atoms with Crippen LogP contribution in [-0.4, -0.2) is 26.3 Å². The molecular weight excluding hydrogens is 250 g/mol. The average molecular weight is 271 g/mol. The van der Waals surface area contributed by atoms with Crippen LogP contribution in [0.1, 0.15) is 43.5 Å². The molecule has 0 aliphatic heterocycles. The van der Waals surface area contributed by atoms with E-state index in [9.17, 15) is 0 Å². The molecule has 1 fully saturated rings. The third-order valence-corrected chi connectivity index (χ3v) is 3.71. The van der Waals surface area contributed by atoms with Gasteiger partial charge in [-0.05, 0) is 32.3 Å². The predicted molar refractivity (Wildman–Crippen MR) is 79.7 cm³/mol. The summed E-state index contributed by atoms with van der Waals surface area (Å²) in [6.07, 6.45) is 5.32. The molecule has 1 aliphatic rings. The first-order chi connectivity index (χ1) is 9.70. The smallest absolute Gasteiger partial charge is 0.134 e. The minimum atomic E-state index is 0.546. The summed E-state index contributed by atoms with van der Waals surface area (Å²) < 4.78 is 1.87. The highest BCUT2D eigenvalue weighted by Crippen LogP contribution is 2.40. The predicted octanol–water partition coefficient (Wildman–Crippen LogP) is 2.88. The molecule has 2 heterocycles. The van der Waals surface area contributed by atoms with Gasteiger partial charge in [0.1, 0.15) is 11.6 Å². The minimum Gasteiger partial charge on any atom is -0.370 e. The highest BCUT2D eigenvalue weighted by atomic mass is 15.3. The van der Waals surface area contributed by atoms with E-state index >= 15 is 0 Å². The van der Waals surface area contributed by atoms with Crippen LogP contribution >= 0.6 is 0 Å². The number of aryl methyl sites for hydroxylation is 1. The van der Waals surface area contributed by atoms with Crippen molar-refractivity contribution < 1.29 is 0 Å². The number of nitrogens with zero attached hydrogens (tertiary/aromatic N) is 4. The highest BCUT2D eigenvalue weighted by molar-refractivity contribution is 5.65. The molecule has 0 bridgehead atoms. The average Bonchev–Trinajstić information content (AvgIpc) is 3.20. The van der Waals surface area contributed by atoms with Crippen LogP contribution < -0.4 is 5.32 Å². The van der Waals surface area contributed by atoms with Gasteiger partial charge < -0.3 is 5.32 Å². The molecule has 1 saturated carbocycles. The van der Waals surface area contributed by atoms with E-state index in [-0.39, 0.29) is 0 Å². The highest BCUT2D eigenvalue weighted by Gasteiger charge is 2.28. The molecule has 0 radical (unpaired) electrons. The molecule has 0 aromatic carbocycles. The maximum absolute atomic E-state index is 4.79. The number of aromatic nitrogens is 4. The van der Waals surface area contributed by atoms with Gasteiger partial charge in [-0.3, -0.25) is 4.68 Å². The van der Waals surface area contributed by atoms with E-state index in [2.05, 4.69) is 24.3 Å². The van der Waals surface area contributed by atoms with Crippen LogP contribution in [0.25, 0.3) is 11.4 Å². The van der Waals surface area contributed by atoms with E-state index in [0.717, 1.165) is 41.6 Å². The van der Waals surface area contributed by atoms with Crippen molar-refractivity contribution in [2.75, 3.05) is 11.9 Å². The molecule has 1 N–H and O–H groups in total. The van der Waals surface area contributed by atoms with Crippen molar-refractivity contribution in [1.82, 2.24) is 19.7 Å². The molecule has 0 atom stereocenters. The summed E-state index contributed by atoms with van der Waals surface area (Å²) >= 11 is 0. The van der Waals surface area contributed by atoms with Crippen molar-refractivity contribution in [2.45, 2.75) is 39.0 Å². The molecule has 2 aromatic heterocycles. The van der Waals surface area contributed by atoms with Crippen molar-refractivity contribution in [3.05, 3.63) is 23.7 Å². The van der Waals surface area contributed by atoms with Gasteiger partial charge in [-0.1, -0.05) is 6.92 Å². The first kappa shape index (κ1) is 13.1.